The van der Waals surface area contributed by atoms with Crippen molar-refractivity contribution in [1.82, 2.24) is 10.2 Å². The molecule has 0 bridgehead atoms. The van der Waals surface area contributed by atoms with Gasteiger partial charge in [-0.2, -0.15) is 0 Å². The van der Waals surface area contributed by atoms with Gasteiger partial charge in [-0.15, -0.1) is 0 Å². The van der Waals surface area contributed by atoms with Crippen molar-refractivity contribution in [3.63, 3.8) is 0 Å². The van der Waals surface area contributed by atoms with Crippen molar-refractivity contribution >= 4 is 17.6 Å². The first kappa shape index (κ1) is 20.4. The molecule has 3 nitrogen and oxygen atoms in total. The van der Waals surface area contributed by atoms with Crippen molar-refractivity contribution < 1.29 is 0 Å². The van der Waals surface area contributed by atoms with Gasteiger partial charge in [0, 0.05) is 29.4 Å². The Bertz CT molecular complexity index is 596. The molecule has 0 saturated carbocycles. The van der Waals surface area contributed by atoms with Crippen LogP contribution in [0.25, 0.3) is 0 Å². The second-order valence-corrected chi connectivity index (χ2v) is 7.58. The number of hydrogen-bond acceptors (Lipinski definition) is 3. The number of nitrogens with one attached hydrogen (secondary N) is 1. The third-order valence-electron chi connectivity index (χ3n) is 3.76. The van der Waals surface area contributed by atoms with Crippen LogP contribution >= 0.6 is 11.8 Å². The minimum absolute atomic E-state index is 0.751. The van der Waals surface area contributed by atoms with E-state index in [1.54, 1.807) is 11.8 Å². The summed E-state index contributed by atoms with van der Waals surface area (Å²) in [5, 5.41) is 4.13. The van der Waals surface area contributed by atoms with Crippen LogP contribution in [0.5, 0.6) is 0 Å². The molecule has 0 spiro atoms. The number of allylic oxidation sites excluding steroid dienone is 4. The highest BCUT2D eigenvalue weighted by Crippen LogP contribution is 2.27. The lowest BCUT2D eigenvalue weighted by Crippen LogP contribution is -2.23. The molecule has 0 aliphatic carbocycles. The molecule has 1 aliphatic heterocycles. The lowest BCUT2D eigenvalue weighted by atomic mass is 10.2. The monoisotopic (exact) mass is 345 g/mol. The fraction of sp³-hybridized carbons (Fsp3) is 0.450. The Morgan fingerprint density at radius 2 is 1.92 bits per heavy atom. The van der Waals surface area contributed by atoms with Gasteiger partial charge in [-0.1, -0.05) is 44.5 Å². The number of likely N-dealkylation sites (tertiary alicyclic amines) is 1. The van der Waals surface area contributed by atoms with Crippen LogP contribution in [0.15, 0.2) is 63.8 Å². The molecule has 1 rings (SSSR count). The molecule has 1 N–H and O–H groups in total. The second-order valence-electron chi connectivity index (χ2n) is 6.44. The quantitative estimate of drug-likeness (QED) is 0.378. The van der Waals surface area contributed by atoms with Gasteiger partial charge >= 0.3 is 0 Å². The van der Waals surface area contributed by atoms with Crippen molar-refractivity contribution in [2.45, 2.75) is 41.0 Å². The largest absolute Gasteiger partial charge is 0.375 e. The van der Waals surface area contributed by atoms with Crippen LogP contribution in [-0.4, -0.2) is 23.8 Å². The van der Waals surface area contributed by atoms with E-state index in [1.807, 2.05) is 26.8 Å². The van der Waals surface area contributed by atoms with Gasteiger partial charge in [-0.3, -0.25) is 0 Å². The van der Waals surface area contributed by atoms with Gasteiger partial charge in [0.25, 0.3) is 0 Å². The fourth-order valence-corrected chi connectivity index (χ4v) is 3.25. The van der Waals surface area contributed by atoms with Crippen LogP contribution in [0.2, 0.25) is 0 Å². The highest BCUT2D eigenvalue weighted by molar-refractivity contribution is 8.06. The van der Waals surface area contributed by atoms with Gasteiger partial charge in [0.1, 0.15) is 5.84 Å². The standard InChI is InChI=1S/C20H31N3S/c1-9-19(14(2)3)24-18(8)22-20(21-15(4)5)12-17(7)23-11-10-16(6)13-23/h9,12,16H,2,4,8,10-11,13H2,1,3,5-7H3,(H,21,22)/b17-12+,19-9-. The van der Waals surface area contributed by atoms with Crippen LogP contribution in [-0.2, 0) is 0 Å². The Labute approximate surface area is 152 Å². The first-order chi connectivity index (χ1) is 11.2. The Hall–Kier alpha value is -1.68. The zero-order chi connectivity index (χ0) is 18.3. The first-order valence-corrected chi connectivity index (χ1v) is 9.18. The van der Waals surface area contributed by atoms with Crippen molar-refractivity contribution in [2.75, 3.05) is 13.1 Å². The Morgan fingerprint density at radius 1 is 1.25 bits per heavy atom. The van der Waals surface area contributed by atoms with Crippen LogP contribution in [0.3, 0.4) is 0 Å². The predicted molar refractivity (Wildman–Crippen MR) is 110 cm³/mol. The van der Waals surface area contributed by atoms with Crippen LogP contribution < -0.4 is 5.32 Å². The van der Waals surface area contributed by atoms with Gasteiger partial charge < -0.3 is 10.2 Å². The highest BCUT2D eigenvalue weighted by Gasteiger charge is 2.18. The van der Waals surface area contributed by atoms with Gasteiger partial charge in [0.05, 0.1) is 5.03 Å². The summed E-state index contributed by atoms with van der Waals surface area (Å²) in [6.45, 7) is 24.5. The van der Waals surface area contributed by atoms with E-state index >= 15 is 0 Å². The zero-order valence-corrected chi connectivity index (χ0v) is 16.6. The number of amidine groups is 1. The van der Waals surface area contributed by atoms with E-state index in [1.165, 1.54) is 12.1 Å². The van der Waals surface area contributed by atoms with E-state index in [9.17, 15) is 0 Å². The van der Waals surface area contributed by atoms with Crippen molar-refractivity contribution in [3.05, 3.63) is 58.8 Å². The summed E-state index contributed by atoms with van der Waals surface area (Å²) in [5.74, 6) is 1.52. The minimum atomic E-state index is 0.751. The molecule has 0 radical (unpaired) electrons. The fourth-order valence-electron chi connectivity index (χ4n) is 2.54. The van der Waals surface area contributed by atoms with Gasteiger partial charge in [0.15, 0.2) is 0 Å². The van der Waals surface area contributed by atoms with Gasteiger partial charge in [0.2, 0.25) is 0 Å². The van der Waals surface area contributed by atoms with E-state index in [4.69, 9.17) is 0 Å². The maximum atomic E-state index is 4.52. The summed E-state index contributed by atoms with van der Waals surface area (Å²) >= 11 is 1.57. The predicted octanol–water partition coefficient (Wildman–Crippen LogP) is 5.44. The molecule has 0 amide bonds. The zero-order valence-electron chi connectivity index (χ0n) is 15.8. The summed E-state index contributed by atoms with van der Waals surface area (Å²) in [6, 6.07) is 0. The summed E-state index contributed by atoms with van der Waals surface area (Å²) in [7, 11) is 0. The minimum Gasteiger partial charge on any atom is -0.375 e. The number of nitrogens with zero attached hydrogens (tertiary/aromatic N) is 2. The van der Waals surface area contributed by atoms with Crippen molar-refractivity contribution in [2.24, 2.45) is 10.9 Å². The molecule has 1 aliphatic rings. The van der Waals surface area contributed by atoms with Gasteiger partial charge in [-0.05, 0) is 51.7 Å². The van der Waals surface area contributed by atoms with E-state index in [0.29, 0.717) is 0 Å². The normalized spacial score (nSPS) is 19.5. The molecule has 24 heavy (non-hydrogen) atoms. The highest BCUT2D eigenvalue weighted by atomic mass is 32.2. The lowest BCUT2D eigenvalue weighted by molar-refractivity contribution is 0.412. The molecule has 4 heteroatoms. The summed E-state index contributed by atoms with van der Waals surface area (Å²) in [4.78, 5) is 8.03. The molecular weight excluding hydrogens is 314 g/mol. The Morgan fingerprint density at radius 3 is 2.38 bits per heavy atom. The molecule has 132 valence electrons. The molecule has 1 unspecified atom stereocenters. The van der Waals surface area contributed by atoms with Crippen LogP contribution in [0, 0.1) is 5.92 Å². The van der Waals surface area contributed by atoms with Crippen molar-refractivity contribution in [1.29, 1.82) is 0 Å². The van der Waals surface area contributed by atoms with E-state index in [-0.39, 0.29) is 0 Å². The van der Waals surface area contributed by atoms with E-state index in [0.717, 1.165) is 46.0 Å². The SMILES string of the molecule is C=C(C)/N=C(\C=C(/C)N1CCC(C)C1)NC(=C)S/C(=C\C)C(=C)C. The smallest absolute Gasteiger partial charge is 0.132 e. The summed E-state index contributed by atoms with van der Waals surface area (Å²) in [6.07, 6.45) is 5.37. The number of aliphatic imine (C=N–C) groups is 1. The summed E-state index contributed by atoms with van der Waals surface area (Å²) in [5.41, 5.74) is 3.01. The number of hydrogen-bond donors (Lipinski definition) is 1. The summed E-state index contributed by atoms with van der Waals surface area (Å²) < 4.78 is 0. The van der Waals surface area contributed by atoms with E-state index < -0.39 is 0 Å². The number of thioether (sulfide) groups is 1. The lowest BCUT2D eigenvalue weighted by Gasteiger charge is -2.20. The average molecular weight is 346 g/mol. The van der Waals surface area contributed by atoms with Crippen LogP contribution in [0.1, 0.15) is 41.0 Å². The molecular formula is C20H31N3S. The van der Waals surface area contributed by atoms with E-state index in [2.05, 4.69) is 54.9 Å². The molecule has 0 aromatic heterocycles. The first-order valence-electron chi connectivity index (χ1n) is 8.36. The Kier molecular flexibility index (Phi) is 8.13. The topological polar surface area (TPSA) is 27.6 Å². The molecule has 1 atom stereocenters. The third kappa shape index (κ3) is 6.83. The molecule has 1 fully saturated rings. The third-order valence-corrected chi connectivity index (χ3v) is 4.92. The molecule has 1 saturated heterocycles. The average Bonchev–Trinajstić information content (AvgIpc) is 2.90. The molecule has 0 aromatic carbocycles. The van der Waals surface area contributed by atoms with Crippen molar-refractivity contribution in [3.8, 4) is 0 Å². The maximum Gasteiger partial charge on any atom is 0.132 e. The molecule has 1 heterocycles. The molecule has 0 aromatic rings. The van der Waals surface area contributed by atoms with Gasteiger partial charge in [-0.25, -0.2) is 4.99 Å². The van der Waals surface area contributed by atoms with Crippen LogP contribution in [0.4, 0.5) is 0 Å². The Balaban J connectivity index is 2.85. The second kappa shape index (κ2) is 9.58. The number of rotatable bonds is 7. The maximum absolute atomic E-state index is 4.52.